The van der Waals surface area contributed by atoms with Gasteiger partial charge in [0.15, 0.2) is 5.96 Å². The fourth-order valence-electron chi connectivity index (χ4n) is 4.61. The van der Waals surface area contributed by atoms with E-state index in [9.17, 15) is 0 Å². The maximum Gasteiger partial charge on any atom is 0.191 e. The molecule has 2 aliphatic heterocycles. The molecule has 0 saturated carbocycles. The average Bonchev–Trinajstić information content (AvgIpc) is 3.11. The van der Waals surface area contributed by atoms with Crippen LogP contribution in [0.5, 0.6) is 0 Å². The number of hydrogen-bond acceptors (Lipinski definition) is 4. The predicted molar refractivity (Wildman–Crippen MR) is 142 cm³/mol. The highest BCUT2D eigenvalue weighted by molar-refractivity contribution is 14.0. The average molecular weight is 543 g/mol. The van der Waals surface area contributed by atoms with E-state index in [0.717, 1.165) is 58.2 Å². The largest absolute Gasteiger partial charge is 0.357 e. The van der Waals surface area contributed by atoms with E-state index in [4.69, 9.17) is 4.99 Å². The van der Waals surface area contributed by atoms with E-state index >= 15 is 0 Å². The summed E-state index contributed by atoms with van der Waals surface area (Å²) in [4.78, 5) is 12.6. The van der Waals surface area contributed by atoms with Gasteiger partial charge in [-0.25, -0.2) is 0 Å². The lowest BCUT2D eigenvalue weighted by Crippen LogP contribution is -2.50. The number of likely N-dealkylation sites (N-methyl/N-ethyl adjacent to an activating group) is 1. The molecule has 176 valence electrons. The Bertz CT molecular complexity index is 647. The monoisotopic (exact) mass is 542 g/mol. The maximum atomic E-state index is 4.95. The topological polar surface area (TPSA) is 46.1 Å². The van der Waals surface area contributed by atoms with Crippen LogP contribution in [0.1, 0.15) is 39.7 Å². The normalized spacial score (nSPS) is 24.6. The Hall–Kier alpha value is -0.900. The van der Waals surface area contributed by atoms with Crippen LogP contribution in [0.4, 0.5) is 0 Å². The first-order chi connectivity index (χ1) is 14.6. The third kappa shape index (κ3) is 8.18. The van der Waals surface area contributed by atoms with Gasteiger partial charge < -0.3 is 15.5 Å². The molecule has 7 heteroatoms. The van der Waals surface area contributed by atoms with Crippen LogP contribution in [0, 0.1) is 0 Å². The number of halogens is 1. The second kappa shape index (κ2) is 13.6. The second-order valence-corrected chi connectivity index (χ2v) is 8.88. The van der Waals surface area contributed by atoms with Gasteiger partial charge in [0, 0.05) is 63.9 Å². The van der Waals surface area contributed by atoms with Crippen molar-refractivity contribution in [1.82, 2.24) is 25.3 Å². The van der Waals surface area contributed by atoms with Crippen LogP contribution in [-0.2, 0) is 6.54 Å². The van der Waals surface area contributed by atoms with Gasteiger partial charge in [0.2, 0.25) is 0 Å². The van der Waals surface area contributed by atoms with Gasteiger partial charge in [0.25, 0.3) is 0 Å². The van der Waals surface area contributed by atoms with Gasteiger partial charge in [0.05, 0.1) is 6.54 Å². The van der Waals surface area contributed by atoms with Gasteiger partial charge in [-0.15, -0.1) is 24.0 Å². The van der Waals surface area contributed by atoms with Crippen LogP contribution < -0.4 is 10.6 Å². The molecule has 1 aromatic carbocycles. The van der Waals surface area contributed by atoms with E-state index in [1.807, 2.05) is 0 Å². The van der Waals surface area contributed by atoms with Crippen molar-refractivity contribution in [3.05, 3.63) is 35.9 Å². The lowest BCUT2D eigenvalue weighted by atomic mass is 10.2. The molecule has 2 aliphatic rings. The van der Waals surface area contributed by atoms with Crippen LogP contribution >= 0.6 is 24.0 Å². The summed E-state index contributed by atoms with van der Waals surface area (Å²) in [6.45, 7) is 18.7. The number of rotatable bonds is 8. The zero-order chi connectivity index (χ0) is 21.3. The van der Waals surface area contributed by atoms with Crippen LogP contribution in [0.2, 0.25) is 0 Å². The minimum Gasteiger partial charge on any atom is -0.357 e. The molecule has 2 N–H and O–H groups in total. The third-order valence-corrected chi connectivity index (χ3v) is 6.61. The summed E-state index contributed by atoms with van der Waals surface area (Å²) in [5.41, 5.74) is 1.39. The molecule has 2 heterocycles. The molecule has 3 unspecified atom stereocenters. The summed E-state index contributed by atoms with van der Waals surface area (Å²) in [5.74, 6) is 0.968. The van der Waals surface area contributed by atoms with Crippen molar-refractivity contribution in [2.24, 2.45) is 4.99 Å². The van der Waals surface area contributed by atoms with Gasteiger partial charge in [-0.1, -0.05) is 37.3 Å². The van der Waals surface area contributed by atoms with Gasteiger partial charge in [-0.2, -0.15) is 0 Å². The lowest BCUT2D eigenvalue weighted by molar-refractivity contribution is 0.109. The number of nitrogens with zero attached hydrogens (tertiary/aromatic N) is 4. The molecule has 3 rings (SSSR count). The van der Waals surface area contributed by atoms with Gasteiger partial charge in [-0.05, 0) is 39.3 Å². The van der Waals surface area contributed by atoms with Gasteiger partial charge >= 0.3 is 0 Å². The molecule has 0 spiro atoms. The Morgan fingerprint density at radius 3 is 2.48 bits per heavy atom. The van der Waals surface area contributed by atoms with Crippen molar-refractivity contribution in [3.63, 3.8) is 0 Å². The number of hydrogen-bond donors (Lipinski definition) is 2. The Kier molecular flexibility index (Phi) is 11.6. The first-order valence-corrected chi connectivity index (χ1v) is 11.9. The lowest BCUT2D eigenvalue weighted by Gasteiger charge is -2.37. The molecule has 2 saturated heterocycles. The summed E-state index contributed by atoms with van der Waals surface area (Å²) >= 11 is 0. The fourth-order valence-corrected chi connectivity index (χ4v) is 4.61. The number of likely N-dealkylation sites (tertiary alicyclic amines) is 1. The van der Waals surface area contributed by atoms with E-state index < -0.39 is 0 Å². The summed E-state index contributed by atoms with van der Waals surface area (Å²) in [6.07, 6.45) is 1.16. The van der Waals surface area contributed by atoms with E-state index in [1.165, 1.54) is 18.7 Å². The molecule has 0 radical (unpaired) electrons. The minimum absolute atomic E-state index is 0. The molecule has 1 aromatic rings. The van der Waals surface area contributed by atoms with Crippen molar-refractivity contribution in [1.29, 1.82) is 0 Å². The highest BCUT2D eigenvalue weighted by atomic mass is 127. The number of aliphatic imine (C=N–C) groups is 1. The van der Waals surface area contributed by atoms with Crippen LogP contribution in [0.25, 0.3) is 0 Å². The van der Waals surface area contributed by atoms with Crippen molar-refractivity contribution >= 4 is 29.9 Å². The quantitative estimate of drug-likeness (QED) is 0.301. The van der Waals surface area contributed by atoms with Crippen LogP contribution in [0.3, 0.4) is 0 Å². The SMILES string of the molecule is CCNC(=NCC(C)N1CCN(CC)CC1)NC1CC(C)N(Cc2ccccc2)C1.I. The third-order valence-electron chi connectivity index (χ3n) is 6.61. The van der Waals surface area contributed by atoms with E-state index in [1.54, 1.807) is 0 Å². The molecule has 0 aliphatic carbocycles. The van der Waals surface area contributed by atoms with Crippen molar-refractivity contribution in [3.8, 4) is 0 Å². The van der Waals surface area contributed by atoms with Crippen molar-refractivity contribution < 1.29 is 0 Å². The number of guanidine groups is 1. The molecule has 3 atom stereocenters. The van der Waals surface area contributed by atoms with Gasteiger partial charge in [-0.3, -0.25) is 14.8 Å². The molecule has 0 amide bonds. The highest BCUT2D eigenvalue weighted by Gasteiger charge is 2.29. The van der Waals surface area contributed by atoms with E-state index in [0.29, 0.717) is 18.1 Å². The minimum atomic E-state index is 0. The Balaban J connectivity index is 0.00000341. The second-order valence-electron chi connectivity index (χ2n) is 8.88. The maximum absolute atomic E-state index is 4.95. The summed E-state index contributed by atoms with van der Waals surface area (Å²) < 4.78 is 0. The standard InChI is InChI=1S/C24H42N6.HI/c1-5-25-24(26-17-21(4)29-14-12-28(6-2)13-15-29)27-23-16-20(3)30(19-23)18-22-10-8-7-9-11-22;/h7-11,20-21,23H,5-6,12-19H2,1-4H3,(H2,25,26,27);1H. The Labute approximate surface area is 206 Å². The predicted octanol–water partition coefficient (Wildman–Crippen LogP) is 2.85. The first kappa shape index (κ1) is 26.4. The molecule has 31 heavy (non-hydrogen) atoms. The smallest absolute Gasteiger partial charge is 0.191 e. The first-order valence-electron chi connectivity index (χ1n) is 11.9. The Morgan fingerprint density at radius 1 is 1.13 bits per heavy atom. The zero-order valence-corrected chi connectivity index (χ0v) is 22.2. The van der Waals surface area contributed by atoms with Gasteiger partial charge in [0.1, 0.15) is 0 Å². The molecule has 2 fully saturated rings. The number of benzene rings is 1. The highest BCUT2D eigenvalue weighted by Crippen LogP contribution is 2.20. The molecular formula is C24H43IN6. The molecule has 6 nitrogen and oxygen atoms in total. The van der Waals surface area contributed by atoms with Crippen molar-refractivity contribution in [2.45, 2.75) is 58.8 Å². The Morgan fingerprint density at radius 2 is 1.84 bits per heavy atom. The number of piperazine rings is 1. The zero-order valence-electron chi connectivity index (χ0n) is 19.9. The van der Waals surface area contributed by atoms with E-state index in [-0.39, 0.29) is 24.0 Å². The van der Waals surface area contributed by atoms with Crippen LogP contribution in [-0.4, -0.2) is 91.1 Å². The fraction of sp³-hybridized carbons (Fsp3) is 0.708. The molecule has 0 aromatic heterocycles. The van der Waals surface area contributed by atoms with Crippen molar-refractivity contribution in [2.75, 3.05) is 52.4 Å². The van der Waals surface area contributed by atoms with E-state index in [2.05, 4.69) is 83.4 Å². The molecular weight excluding hydrogens is 499 g/mol. The summed E-state index contributed by atoms with van der Waals surface area (Å²) in [7, 11) is 0. The summed E-state index contributed by atoms with van der Waals surface area (Å²) in [6, 6.07) is 12.3. The van der Waals surface area contributed by atoms with Crippen LogP contribution in [0.15, 0.2) is 35.3 Å². The summed E-state index contributed by atoms with van der Waals surface area (Å²) in [5, 5.41) is 7.16. The number of nitrogens with one attached hydrogen (secondary N) is 2. The molecule has 0 bridgehead atoms.